The van der Waals surface area contributed by atoms with Crippen molar-refractivity contribution in [2.24, 2.45) is 7.05 Å². The number of rotatable bonds is 11. The third-order valence-electron chi connectivity index (χ3n) is 5.12. The van der Waals surface area contributed by atoms with E-state index in [-0.39, 0.29) is 24.7 Å². The number of carbonyl (C=O) groups excluding carboxylic acids is 1. The van der Waals surface area contributed by atoms with Crippen molar-refractivity contribution in [3.63, 3.8) is 0 Å². The van der Waals surface area contributed by atoms with Gasteiger partial charge in [0.1, 0.15) is 0 Å². The van der Waals surface area contributed by atoms with Crippen LogP contribution in [-0.2, 0) is 20.0 Å². The molecule has 0 spiro atoms. The summed E-state index contributed by atoms with van der Waals surface area (Å²) in [7, 11) is 1.65. The fourth-order valence-corrected chi connectivity index (χ4v) is 3.34. The van der Waals surface area contributed by atoms with Gasteiger partial charge in [0.25, 0.3) is 5.91 Å². The number of aliphatic hydroxyl groups excluding tert-OH is 1. The number of aryl methyl sites for hydroxylation is 2. The molecule has 0 aliphatic carbocycles. The van der Waals surface area contributed by atoms with E-state index in [1.165, 1.54) is 9.25 Å². The fourth-order valence-electron chi connectivity index (χ4n) is 3.21. The molecule has 2 aromatic carbocycles. The number of hydrogen-bond donors (Lipinski definition) is 4. The number of aromatic nitrogens is 3. The first-order valence-electron chi connectivity index (χ1n) is 10.6. The largest absolute Gasteiger partial charge is 0.395 e. The molecule has 0 aliphatic rings. The van der Waals surface area contributed by atoms with Crippen LogP contribution in [0.3, 0.4) is 0 Å². The van der Waals surface area contributed by atoms with Crippen molar-refractivity contribution in [2.75, 3.05) is 25.0 Å². The van der Waals surface area contributed by atoms with Crippen LogP contribution in [0.4, 0.5) is 5.95 Å². The number of carbonyl (C=O) groups is 1. The van der Waals surface area contributed by atoms with Crippen molar-refractivity contribution in [1.82, 2.24) is 19.7 Å². The summed E-state index contributed by atoms with van der Waals surface area (Å²) in [6.07, 6.45) is 1.05. The minimum atomic E-state index is -0.239. The Bertz CT molecular complexity index is 1150. The van der Waals surface area contributed by atoms with Crippen molar-refractivity contribution in [3.8, 4) is 0 Å². The van der Waals surface area contributed by atoms with Crippen LogP contribution in [0.25, 0.3) is 0 Å². The maximum atomic E-state index is 12.5. The minimum Gasteiger partial charge on any atom is -0.395 e. The number of nitrogens with one attached hydrogen (secondary N) is 3. The van der Waals surface area contributed by atoms with Gasteiger partial charge in [-0.2, -0.15) is 0 Å². The van der Waals surface area contributed by atoms with Gasteiger partial charge in [-0.25, -0.2) is 9.48 Å². The third-order valence-corrected chi connectivity index (χ3v) is 5.37. The smallest absolute Gasteiger partial charge is 0.347 e. The van der Waals surface area contributed by atoms with Crippen molar-refractivity contribution in [3.05, 3.63) is 80.7 Å². The molecule has 0 unspecified atom stereocenters. The number of aliphatic hydroxyl groups is 1. The molecule has 1 heterocycles. The standard InChI is InChI=1S/C23H27ClN6O3/c1-29-22(27-12-10-20(25)17-6-8-19(24)9-7-17)28-30(23(29)33)14-11-16-2-4-18(5-3-16)21(32)26-13-15-31/h2-9,25,31H,10-15H2,1H3,(H,26,32)(H,27,28). The highest BCUT2D eigenvalue weighted by atomic mass is 35.5. The van der Waals surface area contributed by atoms with E-state index < -0.39 is 0 Å². The Hall–Kier alpha value is -3.43. The summed E-state index contributed by atoms with van der Waals surface area (Å²) >= 11 is 5.89. The predicted octanol–water partition coefficient (Wildman–Crippen LogP) is 2.07. The Kier molecular flexibility index (Phi) is 8.39. The van der Waals surface area contributed by atoms with E-state index in [1.807, 2.05) is 24.3 Å². The maximum absolute atomic E-state index is 12.5. The van der Waals surface area contributed by atoms with E-state index in [9.17, 15) is 9.59 Å². The van der Waals surface area contributed by atoms with Crippen LogP contribution in [-0.4, -0.2) is 50.8 Å². The first-order valence-corrected chi connectivity index (χ1v) is 11.0. The number of amides is 1. The zero-order valence-corrected chi connectivity index (χ0v) is 19.1. The van der Waals surface area contributed by atoms with Gasteiger partial charge in [0.15, 0.2) is 0 Å². The first-order chi connectivity index (χ1) is 15.9. The predicted molar refractivity (Wildman–Crippen MR) is 128 cm³/mol. The minimum absolute atomic E-state index is 0.107. The lowest BCUT2D eigenvalue weighted by atomic mass is 10.1. The Morgan fingerprint density at radius 2 is 1.76 bits per heavy atom. The van der Waals surface area contributed by atoms with Crippen LogP contribution < -0.4 is 16.3 Å². The van der Waals surface area contributed by atoms with Gasteiger partial charge in [-0.15, -0.1) is 5.10 Å². The highest BCUT2D eigenvalue weighted by Crippen LogP contribution is 2.11. The Morgan fingerprint density at radius 1 is 1.09 bits per heavy atom. The molecule has 4 N–H and O–H groups in total. The Morgan fingerprint density at radius 3 is 2.42 bits per heavy atom. The molecule has 174 valence electrons. The molecule has 9 nitrogen and oxygen atoms in total. The van der Waals surface area contributed by atoms with E-state index >= 15 is 0 Å². The van der Waals surface area contributed by atoms with E-state index in [1.54, 1.807) is 31.3 Å². The lowest BCUT2D eigenvalue weighted by molar-refractivity contribution is 0.0944. The molecular weight excluding hydrogens is 444 g/mol. The van der Waals surface area contributed by atoms with Crippen LogP contribution in [0.5, 0.6) is 0 Å². The van der Waals surface area contributed by atoms with Gasteiger partial charge in [0.2, 0.25) is 5.95 Å². The summed E-state index contributed by atoms with van der Waals surface area (Å²) in [6.45, 7) is 0.961. The molecule has 3 rings (SSSR count). The van der Waals surface area contributed by atoms with Gasteiger partial charge in [-0.1, -0.05) is 35.9 Å². The van der Waals surface area contributed by atoms with Crippen LogP contribution in [0.1, 0.15) is 27.9 Å². The summed E-state index contributed by atoms with van der Waals surface area (Å²) in [6, 6.07) is 14.2. The maximum Gasteiger partial charge on any atom is 0.347 e. The van der Waals surface area contributed by atoms with Crippen molar-refractivity contribution >= 4 is 29.2 Å². The third kappa shape index (κ3) is 6.53. The fraction of sp³-hybridized carbons (Fsp3) is 0.304. The molecule has 1 aromatic heterocycles. The average Bonchev–Trinajstić information content (AvgIpc) is 3.09. The van der Waals surface area contributed by atoms with Gasteiger partial charge in [-0.3, -0.25) is 9.36 Å². The summed E-state index contributed by atoms with van der Waals surface area (Å²) in [5, 5.41) is 27.7. The van der Waals surface area contributed by atoms with Gasteiger partial charge in [0, 0.05) is 42.9 Å². The van der Waals surface area contributed by atoms with Crippen molar-refractivity contribution < 1.29 is 9.90 Å². The van der Waals surface area contributed by atoms with Gasteiger partial charge in [-0.05, 0) is 41.8 Å². The molecule has 33 heavy (non-hydrogen) atoms. The normalized spacial score (nSPS) is 10.8. The second kappa shape index (κ2) is 11.4. The quantitative estimate of drug-likeness (QED) is 0.319. The molecule has 0 aliphatic heterocycles. The van der Waals surface area contributed by atoms with E-state index in [4.69, 9.17) is 22.1 Å². The summed E-state index contributed by atoms with van der Waals surface area (Å²) in [5.74, 6) is 0.205. The topological polar surface area (TPSA) is 125 Å². The molecule has 0 fully saturated rings. The van der Waals surface area contributed by atoms with Gasteiger partial charge >= 0.3 is 5.69 Å². The number of benzene rings is 2. The number of anilines is 1. The second-order valence-corrected chi connectivity index (χ2v) is 7.91. The van der Waals surface area contributed by atoms with Gasteiger partial charge < -0.3 is 21.1 Å². The molecule has 0 saturated carbocycles. The molecule has 0 radical (unpaired) electrons. The van der Waals surface area contributed by atoms with E-state index in [2.05, 4.69) is 15.7 Å². The zero-order chi connectivity index (χ0) is 23.8. The lowest BCUT2D eigenvalue weighted by Gasteiger charge is -2.06. The molecule has 0 atom stereocenters. The number of hydrogen-bond acceptors (Lipinski definition) is 6. The van der Waals surface area contributed by atoms with Crippen molar-refractivity contribution in [1.29, 1.82) is 5.41 Å². The van der Waals surface area contributed by atoms with Crippen LogP contribution in [0.15, 0.2) is 53.3 Å². The van der Waals surface area contributed by atoms with E-state index in [0.717, 1.165) is 11.1 Å². The summed E-state index contributed by atoms with van der Waals surface area (Å²) in [4.78, 5) is 24.4. The lowest BCUT2D eigenvalue weighted by Crippen LogP contribution is -2.26. The van der Waals surface area contributed by atoms with E-state index in [0.29, 0.717) is 48.2 Å². The first kappa shape index (κ1) is 24.2. The highest BCUT2D eigenvalue weighted by molar-refractivity contribution is 6.30. The Balaban J connectivity index is 1.53. The van der Waals surface area contributed by atoms with Gasteiger partial charge in [0.05, 0.1) is 13.2 Å². The number of nitrogens with zero attached hydrogens (tertiary/aromatic N) is 3. The molecule has 0 saturated heterocycles. The van der Waals surface area contributed by atoms with Crippen molar-refractivity contribution in [2.45, 2.75) is 19.4 Å². The molecule has 3 aromatic rings. The SMILES string of the molecule is Cn1c(NCCC(=N)c2ccc(Cl)cc2)nn(CCc2ccc(C(=O)NCCO)cc2)c1=O. The van der Waals surface area contributed by atoms with Crippen LogP contribution in [0, 0.1) is 5.41 Å². The average molecular weight is 471 g/mol. The Labute approximate surface area is 196 Å². The highest BCUT2D eigenvalue weighted by Gasteiger charge is 2.11. The summed E-state index contributed by atoms with van der Waals surface area (Å²) in [5.41, 5.74) is 2.52. The van der Waals surface area contributed by atoms with Crippen LogP contribution >= 0.6 is 11.6 Å². The monoisotopic (exact) mass is 470 g/mol. The second-order valence-electron chi connectivity index (χ2n) is 7.48. The molecule has 1 amide bonds. The summed E-state index contributed by atoms with van der Waals surface area (Å²) < 4.78 is 2.84. The molecule has 10 heteroatoms. The molecular formula is C23H27ClN6O3. The number of halogens is 1. The van der Waals surface area contributed by atoms with Crippen LogP contribution in [0.2, 0.25) is 5.02 Å². The molecule has 0 bridgehead atoms. The zero-order valence-electron chi connectivity index (χ0n) is 18.3.